The predicted molar refractivity (Wildman–Crippen MR) is 211 cm³/mol. The lowest BCUT2D eigenvalue weighted by Gasteiger charge is -2.27. The van der Waals surface area contributed by atoms with Gasteiger partial charge in [-0.2, -0.15) is 11.3 Å². The molecule has 3 heterocycles. The van der Waals surface area contributed by atoms with Crippen molar-refractivity contribution in [3.8, 4) is 5.88 Å². The third kappa shape index (κ3) is 9.12. The number of carbonyl (C=O) groups is 2. The highest BCUT2D eigenvalue weighted by Gasteiger charge is 2.43. The molecule has 1 fully saturated rings. The Balaban J connectivity index is 1.18. The molecule has 1 amide bonds. The van der Waals surface area contributed by atoms with Crippen LogP contribution in [0.5, 0.6) is 5.88 Å². The fraction of sp³-hybridized carbons (Fsp3) is 0.439. The first kappa shape index (κ1) is 37.7. The summed E-state index contributed by atoms with van der Waals surface area (Å²) in [5, 5.41) is 29.7. The zero-order valence-corrected chi connectivity index (χ0v) is 31.7. The second-order valence-corrected chi connectivity index (χ2v) is 16.4. The van der Waals surface area contributed by atoms with E-state index in [2.05, 4.69) is 47.6 Å². The molecule has 0 radical (unpaired) electrons. The number of nitrogens with zero attached hydrogens (tertiary/aromatic N) is 1. The number of unbranched alkanes of at least 4 members (excludes halogenated alkanes) is 3. The number of aliphatic hydroxyl groups is 1. The molecule has 1 unspecified atom stereocenters. The molecule has 0 aliphatic heterocycles. The first-order chi connectivity index (χ1) is 25.1. The molecule has 0 bridgehead atoms. The number of nitrogens with one attached hydrogen (secondary N) is 2. The van der Waals surface area contributed by atoms with Crippen molar-refractivity contribution in [2.45, 2.75) is 88.9 Å². The Hall–Kier alpha value is -4.03. The van der Waals surface area contributed by atoms with E-state index in [1.165, 1.54) is 15.0 Å². The van der Waals surface area contributed by atoms with Crippen molar-refractivity contribution in [2.75, 3.05) is 19.4 Å². The van der Waals surface area contributed by atoms with Crippen molar-refractivity contribution in [3.05, 3.63) is 92.2 Å². The number of pyridine rings is 1. The van der Waals surface area contributed by atoms with Gasteiger partial charge in [0, 0.05) is 45.5 Å². The van der Waals surface area contributed by atoms with E-state index in [0.29, 0.717) is 41.1 Å². The second-order valence-electron chi connectivity index (χ2n) is 14.5. The van der Waals surface area contributed by atoms with Crippen molar-refractivity contribution in [1.82, 2.24) is 9.88 Å². The summed E-state index contributed by atoms with van der Waals surface area (Å²) in [7, 11) is 3.74. The first-order valence-electron chi connectivity index (χ1n) is 18.3. The average molecular weight is 744 g/mol. The lowest BCUT2D eigenvalue weighted by atomic mass is 9.83. The van der Waals surface area contributed by atoms with Crippen molar-refractivity contribution in [2.24, 2.45) is 11.8 Å². The molecule has 1 saturated carbocycles. The maximum Gasteiger partial charge on any atom is 0.303 e. The monoisotopic (exact) mass is 743 g/mol. The molecule has 4 N–H and O–H groups in total. The van der Waals surface area contributed by atoms with Crippen LogP contribution in [0.1, 0.15) is 87.1 Å². The van der Waals surface area contributed by atoms with Crippen LogP contribution >= 0.6 is 22.7 Å². The zero-order valence-electron chi connectivity index (χ0n) is 30.0. The number of aromatic nitrogens is 1. The third-order valence-electron chi connectivity index (χ3n) is 10.5. The van der Waals surface area contributed by atoms with Crippen LogP contribution in [-0.4, -0.2) is 58.3 Å². The van der Waals surface area contributed by atoms with Crippen LogP contribution in [-0.2, 0) is 9.59 Å². The number of carbonyl (C=O) groups excluding carboxylic acids is 1. The summed E-state index contributed by atoms with van der Waals surface area (Å²) in [6.45, 7) is 2.27. The molecule has 0 spiro atoms. The number of hydrogen-bond acceptors (Lipinski definition) is 8. The quantitative estimate of drug-likeness (QED) is 0.0700. The molecule has 9 nitrogen and oxygen atoms in total. The average Bonchev–Trinajstić information content (AvgIpc) is 3.84. The van der Waals surface area contributed by atoms with Crippen LogP contribution in [0.25, 0.3) is 20.9 Å². The number of ether oxygens (including phenoxy) is 1. The summed E-state index contributed by atoms with van der Waals surface area (Å²) < 4.78 is 7.89. The maximum absolute atomic E-state index is 13.4. The molecular weight excluding hydrogens is 695 g/mol. The highest BCUT2D eigenvalue weighted by Crippen LogP contribution is 2.43. The van der Waals surface area contributed by atoms with Gasteiger partial charge in [-0.1, -0.05) is 44.4 Å². The molecule has 11 heteroatoms. The number of carboxylic acid groups (broad SMARTS) is 1. The number of aromatic amines is 1. The van der Waals surface area contributed by atoms with Crippen molar-refractivity contribution >= 4 is 61.1 Å². The minimum Gasteiger partial charge on any atom is -0.481 e. The summed E-state index contributed by atoms with van der Waals surface area (Å²) >= 11 is 3.38. The van der Waals surface area contributed by atoms with Gasteiger partial charge in [-0.3, -0.25) is 24.3 Å². The Kier molecular flexibility index (Phi) is 12.5. The van der Waals surface area contributed by atoms with Gasteiger partial charge >= 0.3 is 5.97 Å². The van der Waals surface area contributed by atoms with Gasteiger partial charge in [-0.15, -0.1) is 11.3 Å². The molecule has 1 aliphatic rings. The van der Waals surface area contributed by atoms with Crippen LogP contribution in [0.4, 0.5) is 5.69 Å². The molecular formula is C41H49N3O6S2. The molecule has 6 atom stereocenters. The molecule has 2 aromatic carbocycles. The largest absolute Gasteiger partial charge is 0.481 e. The number of benzene rings is 2. The number of fused-ring (bicyclic) bond motifs is 2. The number of H-pyrrole nitrogens is 1. The second kappa shape index (κ2) is 17.2. The number of amides is 1. The van der Waals surface area contributed by atoms with Gasteiger partial charge in [-0.05, 0) is 115 Å². The summed E-state index contributed by atoms with van der Waals surface area (Å²) in [4.78, 5) is 43.7. The van der Waals surface area contributed by atoms with E-state index >= 15 is 0 Å². The highest BCUT2D eigenvalue weighted by molar-refractivity contribution is 7.19. The number of likely N-dealkylation sites (N-methyl/N-ethyl adjacent to an activating group) is 1. The van der Waals surface area contributed by atoms with E-state index in [-0.39, 0.29) is 35.8 Å². The molecule has 0 saturated heterocycles. The topological polar surface area (TPSA) is 132 Å². The fourth-order valence-corrected chi connectivity index (χ4v) is 9.63. The van der Waals surface area contributed by atoms with Crippen molar-refractivity contribution in [1.29, 1.82) is 0 Å². The van der Waals surface area contributed by atoms with E-state index < -0.39 is 18.1 Å². The predicted octanol–water partition coefficient (Wildman–Crippen LogP) is 8.80. The van der Waals surface area contributed by atoms with Crippen LogP contribution in [0.3, 0.4) is 0 Å². The lowest BCUT2D eigenvalue weighted by molar-refractivity contribution is -0.137. The molecule has 52 heavy (non-hydrogen) atoms. The maximum atomic E-state index is 13.4. The number of rotatable bonds is 17. The van der Waals surface area contributed by atoms with E-state index in [9.17, 15) is 19.5 Å². The SMILES string of the molecule is C[C@H](CC[C@@H]1[C@@H](CCCCCCC(=O)O)[C@@H](O)C[C@H]1Oc1cc2cc(NC(=O)C(c3ccsc3)N(C)C)ccc2c(=O)[nH]1)c1cc2ccccc2s1. The van der Waals surface area contributed by atoms with Gasteiger partial charge in [0.05, 0.1) is 6.10 Å². The Morgan fingerprint density at radius 3 is 2.56 bits per heavy atom. The number of carboxylic acids is 1. The van der Waals surface area contributed by atoms with E-state index in [4.69, 9.17) is 9.84 Å². The first-order valence-corrected chi connectivity index (χ1v) is 20.0. The van der Waals surface area contributed by atoms with Gasteiger partial charge in [0.25, 0.3) is 5.56 Å². The fourth-order valence-electron chi connectivity index (χ4n) is 7.81. The van der Waals surface area contributed by atoms with Crippen molar-refractivity contribution < 1.29 is 24.5 Å². The molecule has 3 aromatic heterocycles. The molecule has 276 valence electrons. The van der Waals surface area contributed by atoms with E-state index in [1.807, 2.05) is 53.2 Å². The van der Waals surface area contributed by atoms with E-state index in [0.717, 1.165) is 44.1 Å². The summed E-state index contributed by atoms with van der Waals surface area (Å²) in [6.07, 6.45) is 5.84. The Bertz CT molecular complexity index is 1990. The van der Waals surface area contributed by atoms with Gasteiger partial charge in [-0.25, -0.2) is 0 Å². The number of thiophene rings is 2. The number of hydrogen-bond donors (Lipinski definition) is 4. The Morgan fingerprint density at radius 1 is 1.00 bits per heavy atom. The number of anilines is 1. The van der Waals surface area contributed by atoms with Gasteiger partial charge in [0.15, 0.2) is 5.88 Å². The summed E-state index contributed by atoms with van der Waals surface area (Å²) in [6, 6.07) is 19.3. The highest BCUT2D eigenvalue weighted by atomic mass is 32.1. The Labute approximate surface area is 312 Å². The number of aliphatic hydroxyl groups excluding tert-OH is 1. The normalized spacial score (nSPS) is 20.0. The number of aliphatic carboxylic acids is 1. The molecule has 6 rings (SSSR count). The van der Waals surface area contributed by atoms with Crippen molar-refractivity contribution in [3.63, 3.8) is 0 Å². The summed E-state index contributed by atoms with van der Waals surface area (Å²) in [5.41, 5.74) is 1.23. The smallest absolute Gasteiger partial charge is 0.303 e. The zero-order chi connectivity index (χ0) is 36.8. The van der Waals surface area contributed by atoms with Gasteiger partial charge in [0.1, 0.15) is 12.1 Å². The standard InChI is InChI=1S/C41H49N3O6S2/c1-25(36-21-26-10-8-9-12-35(26)52-36)14-16-32-31(11-6-4-5-7-13-38(46)47)33(45)23-34(32)50-37-22-28-20-29(15-17-30(28)40(48)43-37)42-41(49)39(44(2)3)27-18-19-51-24-27/h8-10,12,15,17-22,24-25,31-34,39,45H,4-7,11,13-14,16,23H2,1-3H3,(H,42,49)(H,43,48)(H,46,47)/t25-,31-,32-,33+,34-,39?/m1/s1. The van der Waals surface area contributed by atoms with Gasteiger partial charge in [0.2, 0.25) is 5.91 Å². The minimum atomic E-state index is -0.765. The summed E-state index contributed by atoms with van der Waals surface area (Å²) in [5.74, 6) is -0.118. The van der Waals surface area contributed by atoms with Gasteiger partial charge < -0.3 is 20.3 Å². The molecule has 1 aliphatic carbocycles. The lowest BCUT2D eigenvalue weighted by Crippen LogP contribution is -2.32. The van der Waals surface area contributed by atoms with Crippen LogP contribution in [0.2, 0.25) is 0 Å². The van der Waals surface area contributed by atoms with Crippen LogP contribution < -0.4 is 15.6 Å². The van der Waals surface area contributed by atoms with Crippen LogP contribution in [0.15, 0.2) is 76.2 Å². The third-order valence-corrected chi connectivity index (χ3v) is 12.6. The Morgan fingerprint density at radius 2 is 1.81 bits per heavy atom. The minimum absolute atomic E-state index is 0.0425. The molecule has 5 aromatic rings. The van der Waals surface area contributed by atoms with Crippen LogP contribution in [0, 0.1) is 11.8 Å². The van der Waals surface area contributed by atoms with E-state index in [1.54, 1.807) is 29.5 Å².